The lowest BCUT2D eigenvalue weighted by Gasteiger charge is -2.21. The molecule has 0 bridgehead atoms. The first-order valence-corrected chi connectivity index (χ1v) is 10.8. The number of carbonyl (C=O) groups is 1. The minimum absolute atomic E-state index is 0.127. The number of rotatable bonds is 6. The van der Waals surface area contributed by atoms with Crippen molar-refractivity contribution in [1.29, 1.82) is 0 Å². The van der Waals surface area contributed by atoms with Crippen LogP contribution >= 0.6 is 0 Å². The molecule has 2 aromatic carbocycles. The first-order valence-electron chi connectivity index (χ1n) is 10.8. The molecule has 8 nitrogen and oxygen atoms in total. The van der Waals surface area contributed by atoms with E-state index in [4.69, 9.17) is 0 Å². The molecule has 0 aliphatic rings. The van der Waals surface area contributed by atoms with Gasteiger partial charge in [-0.2, -0.15) is 5.10 Å². The van der Waals surface area contributed by atoms with Gasteiger partial charge in [-0.05, 0) is 55.5 Å². The zero-order valence-corrected chi connectivity index (χ0v) is 18.4. The van der Waals surface area contributed by atoms with Gasteiger partial charge in [0, 0.05) is 18.9 Å². The summed E-state index contributed by atoms with van der Waals surface area (Å²) in [5.74, 6) is 0.298. The van der Waals surface area contributed by atoms with Crippen LogP contribution in [-0.2, 0) is 6.54 Å². The second kappa shape index (κ2) is 8.78. The minimum atomic E-state index is -0.358. The third-order valence-corrected chi connectivity index (χ3v) is 5.57. The molecule has 3 aromatic heterocycles. The number of nitrogens with zero attached hydrogens (tertiary/aromatic N) is 5. The molecule has 1 amide bonds. The van der Waals surface area contributed by atoms with Crippen LogP contribution in [0.25, 0.3) is 22.4 Å². The highest BCUT2D eigenvalue weighted by Gasteiger charge is 2.24. The van der Waals surface area contributed by atoms with Crippen LogP contribution in [0.5, 0.6) is 0 Å². The number of hydrogen-bond donors (Lipinski definition) is 1. The molecule has 0 unspecified atom stereocenters. The fraction of sp³-hybridized carbons (Fsp3) is 0.120. The van der Waals surface area contributed by atoms with Gasteiger partial charge in [-0.25, -0.2) is 14.1 Å². The van der Waals surface area contributed by atoms with Crippen LogP contribution in [-0.4, -0.2) is 41.7 Å². The monoisotopic (exact) mass is 456 g/mol. The number of H-pyrrole nitrogens is 1. The Hall–Kier alpha value is -4.53. The molecule has 0 saturated heterocycles. The Labute approximate surface area is 193 Å². The van der Waals surface area contributed by atoms with E-state index in [9.17, 15) is 14.0 Å². The number of halogens is 1. The summed E-state index contributed by atoms with van der Waals surface area (Å²) >= 11 is 0. The van der Waals surface area contributed by atoms with Crippen LogP contribution in [0.15, 0.2) is 84.0 Å². The van der Waals surface area contributed by atoms with E-state index in [-0.39, 0.29) is 23.8 Å². The fourth-order valence-corrected chi connectivity index (χ4v) is 3.88. The van der Waals surface area contributed by atoms with E-state index < -0.39 is 0 Å². The standard InChI is InChI=1S/C25H21FN6O2/c1-2-30(16-22-28-21-8-4-3-7-19(21)23(33)29-22)25(34)20-15-27-32(18-11-9-17(26)10-12-18)24(20)31-13-5-6-14-31/h3-15H,2,16H2,1H3,(H,28,29,33). The van der Waals surface area contributed by atoms with Gasteiger partial charge in [-0.3, -0.25) is 9.59 Å². The molecule has 34 heavy (non-hydrogen) atoms. The van der Waals surface area contributed by atoms with Crippen molar-refractivity contribution in [3.05, 3.63) is 107 Å². The Kier molecular flexibility index (Phi) is 5.51. The molecule has 0 spiro atoms. The summed E-state index contributed by atoms with van der Waals surface area (Å²) in [5.41, 5.74) is 1.31. The Morgan fingerprint density at radius 2 is 1.79 bits per heavy atom. The van der Waals surface area contributed by atoms with Crippen LogP contribution in [0, 0.1) is 5.82 Å². The number of amides is 1. The molecule has 9 heteroatoms. The molecular formula is C25H21FN6O2. The summed E-state index contributed by atoms with van der Waals surface area (Å²) in [6, 6.07) is 16.7. The van der Waals surface area contributed by atoms with Crippen LogP contribution < -0.4 is 5.56 Å². The Morgan fingerprint density at radius 1 is 1.06 bits per heavy atom. The topological polar surface area (TPSA) is 88.8 Å². The summed E-state index contributed by atoms with van der Waals surface area (Å²) in [6.45, 7) is 2.38. The number of para-hydroxylation sites is 1. The molecule has 0 radical (unpaired) electrons. The number of aromatic nitrogens is 5. The van der Waals surface area contributed by atoms with E-state index in [1.165, 1.54) is 18.3 Å². The summed E-state index contributed by atoms with van der Waals surface area (Å²) < 4.78 is 16.8. The first kappa shape index (κ1) is 21.3. The van der Waals surface area contributed by atoms with Gasteiger partial charge in [0.05, 0.1) is 29.3 Å². The molecule has 5 rings (SSSR count). The second-order valence-electron chi connectivity index (χ2n) is 7.71. The number of nitrogens with one attached hydrogen (secondary N) is 1. The maximum absolute atomic E-state index is 13.6. The molecular weight excluding hydrogens is 435 g/mol. The Morgan fingerprint density at radius 3 is 2.53 bits per heavy atom. The highest BCUT2D eigenvalue weighted by atomic mass is 19.1. The predicted octanol–water partition coefficient (Wildman–Crippen LogP) is 3.70. The fourth-order valence-electron chi connectivity index (χ4n) is 3.88. The van der Waals surface area contributed by atoms with E-state index in [1.54, 1.807) is 44.5 Å². The second-order valence-corrected chi connectivity index (χ2v) is 7.71. The van der Waals surface area contributed by atoms with Crippen molar-refractivity contribution in [2.75, 3.05) is 6.54 Å². The van der Waals surface area contributed by atoms with Gasteiger partial charge in [0.25, 0.3) is 11.5 Å². The van der Waals surface area contributed by atoms with Crippen molar-refractivity contribution in [3.63, 3.8) is 0 Å². The Bertz CT molecular complexity index is 1520. The number of hydrogen-bond acceptors (Lipinski definition) is 4. The van der Waals surface area contributed by atoms with Crippen molar-refractivity contribution < 1.29 is 9.18 Å². The molecule has 1 N–H and O–H groups in total. The first-order chi connectivity index (χ1) is 16.5. The SMILES string of the molecule is CCN(Cc1nc2ccccc2c(=O)[nH]1)C(=O)c1cnn(-c2ccc(F)cc2)c1-n1cccc1. The van der Waals surface area contributed by atoms with Gasteiger partial charge < -0.3 is 14.5 Å². The summed E-state index contributed by atoms with van der Waals surface area (Å²) in [5, 5.41) is 4.92. The average Bonchev–Trinajstić information content (AvgIpc) is 3.52. The van der Waals surface area contributed by atoms with Crippen LogP contribution in [0.4, 0.5) is 4.39 Å². The number of carbonyl (C=O) groups excluding carboxylic acids is 1. The maximum atomic E-state index is 13.6. The van der Waals surface area contributed by atoms with E-state index in [2.05, 4.69) is 15.1 Å². The molecule has 170 valence electrons. The Balaban J connectivity index is 1.53. The van der Waals surface area contributed by atoms with E-state index in [0.29, 0.717) is 40.3 Å². The van der Waals surface area contributed by atoms with Gasteiger partial charge >= 0.3 is 0 Å². The van der Waals surface area contributed by atoms with Crippen molar-refractivity contribution in [3.8, 4) is 11.5 Å². The predicted molar refractivity (Wildman–Crippen MR) is 126 cm³/mol. The van der Waals surface area contributed by atoms with Crippen molar-refractivity contribution in [1.82, 2.24) is 29.2 Å². The lowest BCUT2D eigenvalue weighted by Crippen LogP contribution is -2.32. The molecule has 5 aromatic rings. The number of fused-ring (bicyclic) bond motifs is 1. The lowest BCUT2D eigenvalue weighted by molar-refractivity contribution is 0.0748. The van der Waals surface area contributed by atoms with Crippen molar-refractivity contribution in [2.45, 2.75) is 13.5 Å². The number of aromatic amines is 1. The quantitative estimate of drug-likeness (QED) is 0.422. The smallest absolute Gasteiger partial charge is 0.259 e. The largest absolute Gasteiger partial charge is 0.331 e. The highest BCUT2D eigenvalue weighted by Crippen LogP contribution is 2.22. The summed E-state index contributed by atoms with van der Waals surface area (Å²) in [4.78, 5) is 35.0. The maximum Gasteiger partial charge on any atom is 0.259 e. The molecule has 3 heterocycles. The molecule has 0 saturated carbocycles. The van der Waals surface area contributed by atoms with Crippen molar-refractivity contribution >= 4 is 16.8 Å². The summed E-state index contributed by atoms with van der Waals surface area (Å²) in [6.07, 6.45) is 5.12. The zero-order chi connectivity index (χ0) is 23.7. The van der Waals surface area contributed by atoms with E-state index in [1.807, 2.05) is 37.5 Å². The van der Waals surface area contributed by atoms with Gasteiger partial charge in [-0.1, -0.05) is 12.1 Å². The number of benzene rings is 2. The van der Waals surface area contributed by atoms with E-state index >= 15 is 0 Å². The lowest BCUT2D eigenvalue weighted by atomic mass is 10.2. The third kappa shape index (κ3) is 3.88. The van der Waals surface area contributed by atoms with E-state index in [0.717, 1.165) is 0 Å². The molecule has 0 aliphatic carbocycles. The third-order valence-electron chi connectivity index (χ3n) is 5.57. The van der Waals surface area contributed by atoms with Crippen LogP contribution in [0.3, 0.4) is 0 Å². The molecule has 0 aliphatic heterocycles. The van der Waals surface area contributed by atoms with Gasteiger partial charge in [0.15, 0.2) is 5.82 Å². The molecule has 0 fully saturated rings. The van der Waals surface area contributed by atoms with Crippen LogP contribution in [0.2, 0.25) is 0 Å². The van der Waals surface area contributed by atoms with Crippen LogP contribution in [0.1, 0.15) is 23.1 Å². The molecule has 0 atom stereocenters. The average molecular weight is 456 g/mol. The van der Waals surface area contributed by atoms with Gasteiger partial charge in [0.2, 0.25) is 0 Å². The van der Waals surface area contributed by atoms with Gasteiger partial charge in [0.1, 0.15) is 17.2 Å². The van der Waals surface area contributed by atoms with Crippen molar-refractivity contribution in [2.24, 2.45) is 0 Å². The summed E-state index contributed by atoms with van der Waals surface area (Å²) in [7, 11) is 0. The normalized spacial score (nSPS) is 11.1. The van der Waals surface area contributed by atoms with Gasteiger partial charge in [-0.15, -0.1) is 0 Å². The minimum Gasteiger partial charge on any atom is -0.331 e. The zero-order valence-electron chi connectivity index (χ0n) is 18.4. The highest BCUT2D eigenvalue weighted by molar-refractivity contribution is 5.97.